The average Bonchev–Trinajstić information content (AvgIpc) is 3.58. The van der Waals surface area contributed by atoms with Crippen LogP contribution in [0.5, 0.6) is 0 Å². The summed E-state index contributed by atoms with van der Waals surface area (Å²) >= 11 is 0. The zero-order valence-corrected chi connectivity index (χ0v) is 19.3. The van der Waals surface area contributed by atoms with Crippen LogP contribution in [0.1, 0.15) is 50.2 Å². The number of carbonyl (C=O) groups is 3. The molecule has 3 N–H and O–H groups in total. The van der Waals surface area contributed by atoms with E-state index in [0.717, 1.165) is 24.8 Å². The van der Waals surface area contributed by atoms with Crippen molar-refractivity contribution in [2.75, 3.05) is 19.8 Å². The van der Waals surface area contributed by atoms with Crippen LogP contribution in [0.3, 0.4) is 0 Å². The molecule has 1 saturated carbocycles. The Balaban J connectivity index is 0.000000588. The third kappa shape index (κ3) is 5.66. The minimum absolute atomic E-state index is 0.135. The van der Waals surface area contributed by atoms with Gasteiger partial charge in [0, 0.05) is 31.3 Å². The van der Waals surface area contributed by atoms with E-state index in [1.54, 1.807) is 44.4 Å². The molecule has 9 heteroatoms. The van der Waals surface area contributed by atoms with Crippen molar-refractivity contribution in [2.24, 2.45) is 0 Å². The fourth-order valence-corrected chi connectivity index (χ4v) is 3.09. The standard InChI is InChI=1S/C22H19N5O2.C3H7NO/c1-13-5-6-16(22(29)26-17-7-8-17)10-19(13)27-21(24)18(12-25-27)20(28)15-4-2-3-14(9-15)11-23;1-4(2)3-5/h2-6,9-10,12,17H,7-8,24H2,1H3,(H,26,29);3H,1-2H3. The van der Waals surface area contributed by atoms with Crippen molar-refractivity contribution in [3.63, 3.8) is 0 Å². The van der Waals surface area contributed by atoms with E-state index in [2.05, 4.69) is 10.4 Å². The molecular formula is C25H26N6O3. The van der Waals surface area contributed by atoms with E-state index < -0.39 is 0 Å². The predicted octanol–water partition coefficient (Wildman–Crippen LogP) is 2.46. The predicted molar refractivity (Wildman–Crippen MR) is 128 cm³/mol. The SMILES string of the molecule is CN(C)C=O.Cc1ccc(C(=O)NC2CC2)cc1-n1ncc(C(=O)c2cccc(C#N)c2)c1N. The molecule has 0 spiro atoms. The molecule has 0 bridgehead atoms. The maximum absolute atomic E-state index is 12.9. The molecule has 0 saturated heterocycles. The second-order valence-electron chi connectivity index (χ2n) is 8.20. The van der Waals surface area contributed by atoms with Gasteiger partial charge in [-0.2, -0.15) is 10.4 Å². The van der Waals surface area contributed by atoms with Crippen LogP contribution in [-0.4, -0.2) is 52.9 Å². The first kappa shape index (κ1) is 24.2. The maximum atomic E-state index is 12.9. The summed E-state index contributed by atoms with van der Waals surface area (Å²) in [5.74, 6) is -0.268. The Labute approximate surface area is 197 Å². The lowest BCUT2D eigenvalue weighted by atomic mass is 10.0. The molecule has 9 nitrogen and oxygen atoms in total. The number of hydrogen-bond donors (Lipinski definition) is 2. The van der Waals surface area contributed by atoms with Gasteiger partial charge in [-0.3, -0.25) is 14.4 Å². The van der Waals surface area contributed by atoms with Crippen molar-refractivity contribution >= 4 is 23.9 Å². The lowest BCUT2D eigenvalue weighted by Gasteiger charge is -2.11. The summed E-state index contributed by atoms with van der Waals surface area (Å²) in [7, 11) is 3.38. The Morgan fingerprint density at radius 2 is 1.91 bits per heavy atom. The summed E-state index contributed by atoms with van der Waals surface area (Å²) in [5, 5.41) is 16.3. The molecule has 1 fully saturated rings. The summed E-state index contributed by atoms with van der Waals surface area (Å²) in [4.78, 5) is 36.1. The molecule has 34 heavy (non-hydrogen) atoms. The third-order valence-electron chi connectivity index (χ3n) is 5.13. The monoisotopic (exact) mass is 458 g/mol. The molecule has 0 aliphatic heterocycles. The van der Waals surface area contributed by atoms with Gasteiger partial charge >= 0.3 is 0 Å². The number of ketones is 1. The van der Waals surface area contributed by atoms with Gasteiger partial charge in [-0.25, -0.2) is 4.68 Å². The van der Waals surface area contributed by atoms with E-state index >= 15 is 0 Å². The number of carbonyl (C=O) groups excluding carboxylic acids is 3. The van der Waals surface area contributed by atoms with Crippen LogP contribution >= 0.6 is 0 Å². The number of nitrogens with one attached hydrogen (secondary N) is 1. The normalized spacial score (nSPS) is 12.1. The molecule has 2 aromatic carbocycles. The number of aryl methyl sites for hydroxylation is 1. The van der Waals surface area contributed by atoms with Gasteiger partial charge in [-0.1, -0.05) is 18.2 Å². The van der Waals surface area contributed by atoms with Crippen molar-refractivity contribution in [3.8, 4) is 11.8 Å². The van der Waals surface area contributed by atoms with Crippen molar-refractivity contribution in [2.45, 2.75) is 25.8 Å². The number of anilines is 1. The Morgan fingerprint density at radius 3 is 2.53 bits per heavy atom. The van der Waals surface area contributed by atoms with E-state index in [0.29, 0.717) is 22.4 Å². The molecule has 1 aliphatic carbocycles. The fraction of sp³-hybridized carbons (Fsp3) is 0.240. The zero-order chi connectivity index (χ0) is 24.8. The van der Waals surface area contributed by atoms with Crippen molar-refractivity contribution in [1.82, 2.24) is 20.0 Å². The van der Waals surface area contributed by atoms with E-state index in [4.69, 9.17) is 11.0 Å². The molecule has 174 valence electrons. The molecule has 2 amide bonds. The van der Waals surface area contributed by atoms with Crippen LogP contribution < -0.4 is 11.1 Å². The van der Waals surface area contributed by atoms with Gasteiger partial charge in [0.2, 0.25) is 6.41 Å². The lowest BCUT2D eigenvalue weighted by molar-refractivity contribution is -0.115. The molecule has 1 aromatic heterocycles. The number of amides is 2. The zero-order valence-electron chi connectivity index (χ0n) is 19.3. The van der Waals surface area contributed by atoms with Crippen LogP contribution in [0.25, 0.3) is 5.69 Å². The number of hydrogen-bond acceptors (Lipinski definition) is 6. The van der Waals surface area contributed by atoms with Crippen LogP contribution in [0.4, 0.5) is 5.82 Å². The Hall–Kier alpha value is -4.45. The quantitative estimate of drug-likeness (QED) is 0.430. The number of nitriles is 1. The number of nitrogen functional groups attached to an aromatic ring is 1. The van der Waals surface area contributed by atoms with Gasteiger partial charge in [0.25, 0.3) is 5.91 Å². The van der Waals surface area contributed by atoms with Crippen LogP contribution in [0.15, 0.2) is 48.7 Å². The highest BCUT2D eigenvalue weighted by atomic mass is 16.2. The highest BCUT2D eigenvalue weighted by Gasteiger charge is 2.24. The molecule has 0 unspecified atom stereocenters. The Bertz CT molecular complexity index is 1270. The lowest BCUT2D eigenvalue weighted by Crippen LogP contribution is -2.25. The van der Waals surface area contributed by atoms with Gasteiger partial charge in [0.05, 0.1) is 29.1 Å². The number of nitrogens with zero attached hydrogens (tertiary/aromatic N) is 4. The number of rotatable bonds is 6. The molecule has 4 rings (SSSR count). The number of nitrogens with two attached hydrogens (primary N) is 1. The number of benzene rings is 2. The molecule has 0 atom stereocenters. The smallest absolute Gasteiger partial charge is 0.251 e. The van der Waals surface area contributed by atoms with E-state index in [-0.39, 0.29) is 29.1 Å². The first-order chi connectivity index (χ1) is 16.2. The van der Waals surface area contributed by atoms with Gasteiger partial charge in [0.1, 0.15) is 5.82 Å². The minimum Gasteiger partial charge on any atom is -0.383 e. The molecule has 0 radical (unpaired) electrons. The highest BCUT2D eigenvalue weighted by Crippen LogP contribution is 2.24. The van der Waals surface area contributed by atoms with E-state index in [1.165, 1.54) is 21.8 Å². The summed E-state index contributed by atoms with van der Waals surface area (Å²) in [6.45, 7) is 1.89. The maximum Gasteiger partial charge on any atom is 0.251 e. The number of aromatic nitrogens is 2. The van der Waals surface area contributed by atoms with Gasteiger partial charge in [0.15, 0.2) is 5.78 Å². The minimum atomic E-state index is -0.314. The summed E-state index contributed by atoms with van der Waals surface area (Å²) in [5.41, 5.74) is 9.27. The van der Waals surface area contributed by atoms with Gasteiger partial charge in [-0.15, -0.1) is 0 Å². The second kappa shape index (κ2) is 10.4. The van der Waals surface area contributed by atoms with E-state index in [9.17, 15) is 14.4 Å². The summed E-state index contributed by atoms with van der Waals surface area (Å²) in [6, 6.07) is 14.0. The molecule has 1 aliphatic rings. The summed E-state index contributed by atoms with van der Waals surface area (Å²) < 4.78 is 1.46. The Morgan fingerprint density at radius 1 is 1.21 bits per heavy atom. The third-order valence-corrected chi connectivity index (χ3v) is 5.13. The van der Waals surface area contributed by atoms with Gasteiger partial charge < -0.3 is 16.0 Å². The van der Waals surface area contributed by atoms with E-state index in [1.807, 2.05) is 19.1 Å². The topological polar surface area (TPSA) is 134 Å². The highest BCUT2D eigenvalue weighted by molar-refractivity contribution is 6.11. The molecule has 3 aromatic rings. The Kier molecular flexibility index (Phi) is 7.43. The first-order valence-corrected chi connectivity index (χ1v) is 10.7. The van der Waals surface area contributed by atoms with Crippen LogP contribution in [-0.2, 0) is 4.79 Å². The van der Waals surface area contributed by atoms with Crippen LogP contribution in [0, 0.1) is 18.3 Å². The molecule has 1 heterocycles. The second-order valence-corrected chi connectivity index (χ2v) is 8.20. The van der Waals surface area contributed by atoms with Crippen molar-refractivity contribution in [3.05, 3.63) is 76.5 Å². The molecular weight excluding hydrogens is 432 g/mol. The first-order valence-electron chi connectivity index (χ1n) is 10.7. The summed E-state index contributed by atoms with van der Waals surface area (Å²) in [6.07, 6.45) is 4.18. The van der Waals surface area contributed by atoms with Gasteiger partial charge in [-0.05, 0) is 49.6 Å². The largest absolute Gasteiger partial charge is 0.383 e. The van der Waals surface area contributed by atoms with Crippen LogP contribution in [0.2, 0.25) is 0 Å². The van der Waals surface area contributed by atoms with Crippen molar-refractivity contribution < 1.29 is 14.4 Å². The average molecular weight is 459 g/mol. The fourth-order valence-electron chi connectivity index (χ4n) is 3.09. The van der Waals surface area contributed by atoms with Crippen molar-refractivity contribution in [1.29, 1.82) is 5.26 Å².